The van der Waals surface area contributed by atoms with Crippen molar-refractivity contribution in [3.63, 3.8) is 0 Å². The third kappa shape index (κ3) is 2.34. The molecular formula is C11H10F2N4O. The highest BCUT2D eigenvalue weighted by Gasteiger charge is 2.12. The molecule has 2 rings (SSSR count). The van der Waals surface area contributed by atoms with E-state index in [0.29, 0.717) is 0 Å². The van der Waals surface area contributed by atoms with Gasteiger partial charge in [0, 0.05) is 12.6 Å². The molecule has 0 aliphatic heterocycles. The molecule has 1 aromatic heterocycles. The number of benzene rings is 1. The lowest BCUT2D eigenvalue weighted by molar-refractivity contribution is 0.0958. The van der Waals surface area contributed by atoms with E-state index in [9.17, 15) is 13.6 Å². The van der Waals surface area contributed by atoms with Crippen molar-refractivity contribution >= 4 is 5.91 Å². The lowest BCUT2D eigenvalue weighted by atomic mass is 10.2. The summed E-state index contributed by atoms with van der Waals surface area (Å²) in [6.07, 6.45) is 1.32. The number of amides is 1. The van der Waals surface area contributed by atoms with Crippen LogP contribution in [-0.4, -0.2) is 27.9 Å². The van der Waals surface area contributed by atoms with Gasteiger partial charge in [-0.1, -0.05) is 11.3 Å². The molecule has 2 aromatic rings. The van der Waals surface area contributed by atoms with Crippen molar-refractivity contribution in [2.75, 3.05) is 7.05 Å². The molecule has 0 fully saturated rings. The van der Waals surface area contributed by atoms with Crippen LogP contribution >= 0.6 is 0 Å². The van der Waals surface area contributed by atoms with E-state index >= 15 is 0 Å². The summed E-state index contributed by atoms with van der Waals surface area (Å²) in [5, 5.41) is 9.61. The molecule has 1 N–H and O–H groups in total. The van der Waals surface area contributed by atoms with Gasteiger partial charge in [0.15, 0.2) is 5.69 Å². The molecule has 1 aromatic carbocycles. The van der Waals surface area contributed by atoms with Crippen LogP contribution in [0.1, 0.15) is 16.1 Å². The third-order valence-electron chi connectivity index (χ3n) is 2.38. The van der Waals surface area contributed by atoms with Gasteiger partial charge in [-0.3, -0.25) is 4.79 Å². The molecular weight excluding hydrogens is 242 g/mol. The number of rotatable bonds is 3. The van der Waals surface area contributed by atoms with Crippen molar-refractivity contribution in [1.29, 1.82) is 0 Å². The van der Waals surface area contributed by atoms with Crippen molar-refractivity contribution in [1.82, 2.24) is 20.3 Å². The number of nitrogens with one attached hydrogen (secondary N) is 1. The second-order valence-corrected chi connectivity index (χ2v) is 3.58. The van der Waals surface area contributed by atoms with E-state index in [1.807, 2.05) is 0 Å². The fourth-order valence-electron chi connectivity index (χ4n) is 1.45. The molecule has 0 unspecified atom stereocenters. The van der Waals surface area contributed by atoms with E-state index in [4.69, 9.17) is 0 Å². The highest BCUT2D eigenvalue weighted by Crippen LogP contribution is 2.13. The topological polar surface area (TPSA) is 59.8 Å². The van der Waals surface area contributed by atoms with Crippen LogP contribution in [0.3, 0.4) is 0 Å². The first-order chi connectivity index (χ1) is 8.61. The average molecular weight is 252 g/mol. The van der Waals surface area contributed by atoms with Crippen LogP contribution in [0.2, 0.25) is 0 Å². The van der Waals surface area contributed by atoms with Crippen molar-refractivity contribution in [3.8, 4) is 0 Å². The largest absolute Gasteiger partial charge is 0.354 e. The maximum absolute atomic E-state index is 13.4. The number of aromatic nitrogens is 3. The van der Waals surface area contributed by atoms with Crippen LogP contribution in [0, 0.1) is 11.6 Å². The number of halogens is 2. The molecule has 0 saturated carbocycles. The predicted molar refractivity (Wildman–Crippen MR) is 58.9 cm³/mol. The van der Waals surface area contributed by atoms with Crippen molar-refractivity contribution in [2.24, 2.45) is 0 Å². The number of hydrogen-bond acceptors (Lipinski definition) is 3. The van der Waals surface area contributed by atoms with Crippen LogP contribution < -0.4 is 5.32 Å². The predicted octanol–water partition coefficient (Wildman–Crippen LogP) is 0.964. The molecule has 1 amide bonds. The van der Waals surface area contributed by atoms with Gasteiger partial charge in [-0.2, -0.15) is 0 Å². The van der Waals surface area contributed by atoms with E-state index < -0.39 is 17.5 Å². The molecule has 0 aliphatic carbocycles. The molecule has 0 saturated heterocycles. The average Bonchev–Trinajstić information content (AvgIpc) is 2.81. The lowest BCUT2D eigenvalue weighted by Gasteiger charge is -2.03. The van der Waals surface area contributed by atoms with Crippen molar-refractivity contribution < 1.29 is 13.6 Å². The molecule has 1 heterocycles. The van der Waals surface area contributed by atoms with Crippen LogP contribution in [0.5, 0.6) is 0 Å². The Hall–Kier alpha value is -2.31. The van der Waals surface area contributed by atoms with Crippen LogP contribution in [0.15, 0.2) is 24.4 Å². The van der Waals surface area contributed by atoms with Crippen LogP contribution in [0.4, 0.5) is 8.78 Å². The maximum atomic E-state index is 13.4. The summed E-state index contributed by atoms with van der Waals surface area (Å²) in [5.74, 6) is -1.73. The Kier molecular flexibility index (Phi) is 3.31. The Labute approximate surface area is 101 Å². The van der Waals surface area contributed by atoms with Crippen LogP contribution in [-0.2, 0) is 6.54 Å². The van der Waals surface area contributed by atoms with Gasteiger partial charge in [0.2, 0.25) is 0 Å². The summed E-state index contributed by atoms with van der Waals surface area (Å²) in [7, 11) is 1.46. The quantitative estimate of drug-likeness (QED) is 0.885. The second-order valence-electron chi connectivity index (χ2n) is 3.58. The van der Waals surface area contributed by atoms with E-state index in [0.717, 1.165) is 12.1 Å². The zero-order valence-electron chi connectivity index (χ0n) is 9.52. The first kappa shape index (κ1) is 12.2. The Balaban J connectivity index is 2.24. The fourth-order valence-corrected chi connectivity index (χ4v) is 1.45. The first-order valence-corrected chi connectivity index (χ1v) is 5.17. The molecule has 18 heavy (non-hydrogen) atoms. The molecule has 5 nitrogen and oxygen atoms in total. The van der Waals surface area contributed by atoms with Gasteiger partial charge in [0.05, 0.1) is 12.7 Å². The zero-order valence-corrected chi connectivity index (χ0v) is 9.52. The van der Waals surface area contributed by atoms with E-state index in [1.54, 1.807) is 0 Å². The molecule has 0 spiro atoms. The highest BCUT2D eigenvalue weighted by molar-refractivity contribution is 5.91. The fraction of sp³-hybridized carbons (Fsp3) is 0.182. The van der Waals surface area contributed by atoms with Crippen LogP contribution in [0.25, 0.3) is 0 Å². The minimum atomic E-state index is -0.660. The minimum absolute atomic E-state index is 0.0919. The van der Waals surface area contributed by atoms with Gasteiger partial charge in [0.25, 0.3) is 5.91 Å². The Morgan fingerprint density at radius 1 is 1.39 bits per heavy atom. The second kappa shape index (κ2) is 4.91. The SMILES string of the molecule is CNC(=O)c1cn(Cc2c(F)cccc2F)nn1. The summed E-state index contributed by atoms with van der Waals surface area (Å²) in [6.45, 7) is -0.123. The number of carbonyl (C=O) groups excluding carboxylic acids is 1. The summed E-state index contributed by atoms with van der Waals surface area (Å²) in [4.78, 5) is 11.2. The molecule has 94 valence electrons. The molecule has 0 bridgehead atoms. The minimum Gasteiger partial charge on any atom is -0.354 e. The molecule has 0 atom stereocenters. The maximum Gasteiger partial charge on any atom is 0.273 e. The Morgan fingerprint density at radius 2 is 2.06 bits per heavy atom. The van der Waals surface area contributed by atoms with Crippen molar-refractivity contribution in [3.05, 3.63) is 47.3 Å². The highest BCUT2D eigenvalue weighted by atomic mass is 19.1. The van der Waals surface area contributed by atoms with E-state index in [1.165, 1.54) is 24.0 Å². The van der Waals surface area contributed by atoms with Gasteiger partial charge >= 0.3 is 0 Å². The van der Waals surface area contributed by atoms with Crippen molar-refractivity contribution in [2.45, 2.75) is 6.54 Å². The summed E-state index contributed by atoms with van der Waals surface area (Å²) in [5.41, 5.74) is -0.0277. The Bertz CT molecular complexity index is 562. The number of hydrogen-bond donors (Lipinski definition) is 1. The third-order valence-corrected chi connectivity index (χ3v) is 2.38. The first-order valence-electron chi connectivity index (χ1n) is 5.17. The smallest absolute Gasteiger partial charge is 0.273 e. The number of nitrogens with zero attached hydrogens (tertiary/aromatic N) is 3. The van der Waals surface area contributed by atoms with Gasteiger partial charge in [-0.25, -0.2) is 13.5 Å². The zero-order chi connectivity index (χ0) is 13.1. The van der Waals surface area contributed by atoms with Gasteiger partial charge in [-0.05, 0) is 12.1 Å². The Morgan fingerprint density at radius 3 is 2.67 bits per heavy atom. The molecule has 0 radical (unpaired) electrons. The van der Waals surface area contributed by atoms with Gasteiger partial charge < -0.3 is 5.32 Å². The van der Waals surface area contributed by atoms with Gasteiger partial charge in [0.1, 0.15) is 11.6 Å². The summed E-state index contributed by atoms with van der Waals surface area (Å²) < 4.78 is 28.0. The monoisotopic (exact) mass is 252 g/mol. The molecule has 7 heteroatoms. The van der Waals surface area contributed by atoms with E-state index in [2.05, 4.69) is 15.6 Å². The van der Waals surface area contributed by atoms with Gasteiger partial charge in [-0.15, -0.1) is 5.10 Å². The summed E-state index contributed by atoms with van der Waals surface area (Å²) >= 11 is 0. The van der Waals surface area contributed by atoms with E-state index in [-0.39, 0.29) is 17.8 Å². The standard InChI is InChI=1S/C11H10F2N4O/c1-14-11(18)10-6-17(16-15-10)5-7-8(12)3-2-4-9(7)13/h2-4,6H,5H2,1H3,(H,14,18). The lowest BCUT2D eigenvalue weighted by Crippen LogP contribution is -2.18. The normalized spacial score (nSPS) is 10.4. The molecule has 0 aliphatic rings. The summed E-state index contributed by atoms with van der Waals surface area (Å²) in [6, 6.07) is 3.61. The number of carbonyl (C=O) groups is 1.